The van der Waals surface area contributed by atoms with Crippen molar-refractivity contribution in [2.24, 2.45) is 0 Å². The zero-order valence-electron chi connectivity index (χ0n) is 8.20. The van der Waals surface area contributed by atoms with Crippen LogP contribution < -0.4 is 0 Å². The second-order valence-corrected chi connectivity index (χ2v) is 4.09. The molecule has 0 amide bonds. The predicted octanol–water partition coefficient (Wildman–Crippen LogP) is 3.68. The van der Waals surface area contributed by atoms with Crippen molar-refractivity contribution in [1.29, 1.82) is 0 Å². The molecule has 0 saturated heterocycles. The SMILES string of the molecule is C=CSc1nc2cc(C)c(C)cc2o1. The van der Waals surface area contributed by atoms with Crippen LogP contribution in [0.15, 0.2) is 33.8 Å². The lowest BCUT2D eigenvalue weighted by Crippen LogP contribution is -1.79. The maximum atomic E-state index is 5.52. The van der Waals surface area contributed by atoms with Crippen LogP contribution in [0, 0.1) is 13.8 Å². The van der Waals surface area contributed by atoms with Gasteiger partial charge >= 0.3 is 0 Å². The van der Waals surface area contributed by atoms with E-state index >= 15 is 0 Å². The molecule has 0 fully saturated rings. The van der Waals surface area contributed by atoms with E-state index in [2.05, 4.69) is 25.4 Å². The molecule has 0 radical (unpaired) electrons. The predicted molar refractivity (Wildman–Crippen MR) is 59.5 cm³/mol. The lowest BCUT2D eigenvalue weighted by Gasteiger charge is -1.96. The Balaban J connectivity index is 2.59. The van der Waals surface area contributed by atoms with Gasteiger partial charge in [-0.25, -0.2) is 4.98 Å². The standard InChI is InChI=1S/C11H11NOS/c1-4-14-11-12-9-5-7(2)8(3)6-10(9)13-11/h4-6H,1H2,2-3H3. The summed E-state index contributed by atoms with van der Waals surface area (Å²) in [6, 6.07) is 4.06. The van der Waals surface area contributed by atoms with Crippen molar-refractivity contribution in [2.45, 2.75) is 19.1 Å². The summed E-state index contributed by atoms with van der Waals surface area (Å²) < 4.78 is 5.52. The van der Waals surface area contributed by atoms with Crippen LogP contribution in [0.25, 0.3) is 11.1 Å². The summed E-state index contributed by atoms with van der Waals surface area (Å²) in [7, 11) is 0. The molecule has 72 valence electrons. The number of thioether (sulfide) groups is 1. The van der Waals surface area contributed by atoms with Crippen molar-refractivity contribution < 1.29 is 4.42 Å². The molecule has 14 heavy (non-hydrogen) atoms. The first-order valence-electron chi connectivity index (χ1n) is 4.36. The van der Waals surface area contributed by atoms with E-state index in [1.165, 1.54) is 22.9 Å². The van der Waals surface area contributed by atoms with Crippen molar-refractivity contribution in [1.82, 2.24) is 4.98 Å². The summed E-state index contributed by atoms with van der Waals surface area (Å²) >= 11 is 1.40. The lowest BCUT2D eigenvalue weighted by atomic mass is 10.1. The topological polar surface area (TPSA) is 26.0 Å². The van der Waals surface area contributed by atoms with Gasteiger partial charge < -0.3 is 4.42 Å². The molecule has 0 atom stereocenters. The number of oxazole rings is 1. The minimum atomic E-state index is 0.653. The zero-order chi connectivity index (χ0) is 10.1. The third-order valence-electron chi connectivity index (χ3n) is 2.17. The normalized spacial score (nSPS) is 10.7. The van der Waals surface area contributed by atoms with Crippen LogP contribution in [-0.4, -0.2) is 4.98 Å². The summed E-state index contributed by atoms with van der Waals surface area (Å²) in [6.07, 6.45) is 0. The van der Waals surface area contributed by atoms with E-state index in [-0.39, 0.29) is 0 Å². The van der Waals surface area contributed by atoms with Crippen LogP contribution in [0.3, 0.4) is 0 Å². The quantitative estimate of drug-likeness (QED) is 0.699. The summed E-state index contributed by atoms with van der Waals surface area (Å²) in [5, 5.41) is 2.37. The van der Waals surface area contributed by atoms with Gasteiger partial charge in [0.2, 0.25) is 0 Å². The van der Waals surface area contributed by atoms with Gasteiger partial charge in [0.15, 0.2) is 5.58 Å². The highest BCUT2D eigenvalue weighted by molar-refractivity contribution is 8.01. The molecule has 1 heterocycles. The summed E-state index contributed by atoms with van der Waals surface area (Å²) in [4.78, 5) is 4.33. The molecule has 1 aromatic carbocycles. The van der Waals surface area contributed by atoms with Crippen molar-refractivity contribution >= 4 is 22.9 Å². The number of rotatable bonds is 2. The van der Waals surface area contributed by atoms with Gasteiger partial charge in [-0.2, -0.15) is 0 Å². The molecule has 2 nitrogen and oxygen atoms in total. The third-order valence-corrected chi connectivity index (χ3v) is 2.71. The van der Waals surface area contributed by atoms with Gasteiger partial charge in [0.25, 0.3) is 5.22 Å². The molecule has 1 aromatic heterocycles. The number of hydrogen-bond donors (Lipinski definition) is 0. The Hall–Kier alpha value is -1.22. The number of benzene rings is 1. The molecule has 3 heteroatoms. The fourth-order valence-electron chi connectivity index (χ4n) is 1.28. The van der Waals surface area contributed by atoms with Gasteiger partial charge in [-0.15, -0.1) is 0 Å². The maximum Gasteiger partial charge on any atom is 0.261 e. The number of aromatic nitrogens is 1. The lowest BCUT2D eigenvalue weighted by molar-refractivity contribution is 0.490. The fraction of sp³-hybridized carbons (Fsp3) is 0.182. The Kier molecular flexibility index (Phi) is 2.33. The van der Waals surface area contributed by atoms with Gasteiger partial charge in [0.05, 0.1) is 0 Å². The second-order valence-electron chi connectivity index (χ2n) is 3.17. The largest absolute Gasteiger partial charge is 0.431 e. The van der Waals surface area contributed by atoms with E-state index in [1.807, 2.05) is 12.1 Å². The van der Waals surface area contributed by atoms with E-state index in [0.717, 1.165) is 11.1 Å². The molecule has 0 bridgehead atoms. The Morgan fingerprint density at radius 3 is 2.79 bits per heavy atom. The average molecular weight is 205 g/mol. The van der Waals surface area contributed by atoms with Crippen molar-refractivity contribution in [3.05, 3.63) is 35.2 Å². The van der Waals surface area contributed by atoms with Gasteiger partial charge in [-0.1, -0.05) is 6.58 Å². The average Bonchev–Trinajstić information content (AvgIpc) is 2.48. The molecule has 0 aliphatic carbocycles. The number of fused-ring (bicyclic) bond motifs is 1. The molecule has 2 aromatic rings. The fourth-order valence-corrected chi connectivity index (χ4v) is 1.71. The minimum Gasteiger partial charge on any atom is -0.431 e. The Morgan fingerprint density at radius 2 is 2.07 bits per heavy atom. The van der Waals surface area contributed by atoms with Gasteiger partial charge in [-0.05, 0) is 54.3 Å². The molecule has 0 saturated carbocycles. The van der Waals surface area contributed by atoms with Crippen LogP contribution in [0.5, 0.6) is 0 Å². The van der Waals surface area contributed by atoms with Gasteiger partial charge in [0, 0.05) is 0 Å². The highest BCUT2D eigenvalue weighted by Gasteiger charge is 2.06. The molecule has 0 spiro atoms. The monoisotopic (exact) mass is 205 g/mol. The highest BCUT2D eigenvalue weighted by Crippen LogP contribution is 2.25. The van der Waals surface area contributed by atoms with E-state index in [9.17, 15) is 0 Å². The first-order valence-corrected chi connectivity index (χ1v) is 5.24. The molecule has 0 aliphatic heterocycles. The first kappa shape index (κ1) is 9.34. The van der Waals surface area contributed by atoms with Crippen LogP contribution in [0.1, 0.15) is 11.1 Å². The van der Waals surface area contributed by atoms with Crippen LogP contribution in [0.4, 0.5) is 0 Å². The zero-order valence-corrected chi connectivity index (χ0v) is 9.02. The smallest absolute Gasteiger partial charge is 0.261 e. The van der Waals surface area contributed by atoms with Crippen LogP contribution >= 0.6 is 11.8 Å². The Labute approximate surface area is 87.0 Å². The first-order chi connectivity index (χ1) is 6.70. The minimum absolute atomic E-state index is 0.653. The Morgan fingerprint density at radius 1 is 1.36 bits per heavy atom. The van der Waals surface area contributed by atoms with Crippen LogP contribution in [0.2, 0.25) is 0 Å². The Bertz CT molecular complexity index is 448. The molecular weight excluding hydrogens is 194 g/mol. The second kappa shape index (κ2) is 3.50. The molecule has 0 unspecified atom stereocenters. The van der Waals surface area contributed by atoms with E-state index in [1.54, 1.807) is 5.41 Å². The van der Waals surface area contributed by atoms with Gasteiger partial charge in [-0.3, -0.25) is 0 Å². The number of aryl methyl sites for hydroxylation is 2. The molecular formula is C11H11NOS. The molecule has 0 aliphatic rings. The van der Waals surface area contributed by atoms with Crippen molar-refractivity contribution in [2.75, 3.05) is 0 Å². The highest BCUT2D eigenvalue weighted by atomic mass is 32.2. The van der Waals surface area contributed by atoms with Crippen molar-refractivity contribution in [3.63, 3.8) is 0 Å². The number of hydrogen-bond acceptors (Lipinski definition) is 3. The molecule has 0 N–H and O–H groups in total. The summed E-state index contributed by atoms with van der Waals surface area (Å²) in [5.41, 5.74) is 4.22. The number of nitrogens with zero attached hydrogens (tertiary/aromatic N) is 1. The third kappa shape index (κ3) is 1.55. The van der Waals surface area contributed by atoms with Gasteiger partial charge in [0.1, 0.15) is 5.52 Å². The summed E-state index contributed by atoms with van der Waals surface area (Å²) in [6.45, 7) is 7.76. The van der Waals surface area contributed by atoms with Crippen LogP contribution in [-0.2, 0) is 0 Å². The maximum absolute atomic E-state index is 5.52. The van der Waals surface area contributed by atoms with Crippen molar-refractivity contribution in [3.8, 4) is 0 Å². The van der Waals surface area contributed by atoms with E-state index in [4.69, 9.17) is 4.42 Å². The van der Waals surface area contributed by atoms with E-state index in [0.29, 0.717) is 5.22 Å². The molecule has 2 rings (SSSR count). The van der Waals surface area contributed by atoms with E-state index < -0.39 is 0 Å². The summed E-state index contributed by atoms with van der Waals surface area (Å²) in [5.74, 6) is 0.